The molecular formula is C15H22ClNOS. The predicted molar refractivity (Wildman–Crippen MR) is 84.4 cm³/mol. The van der Waals surface area contributed by atoms with Crippen LogP contribution in [0.1, 0.15) is 31.7 Å². The van der Waals surface area contributed by atoms with Gasteiger partial charge in [-0.2, -0.15) is 11.8 Å². The lowest BCUT2D eigenvalue weighted by molar-refractivity contribution is 0.314. The lowest BCUT2D eigenvalue weighted by Gasteiger charge is -2.13. The molecule has 19 heavy (non-hydrogen) atoms. The first kappa shape index (κ1) is 15.0. The highest BCUT2D eigenvalue weighted by Gasteiger charge is 2.21. The van der Waals surface area contributed by atoms with E-state index >= 15 is 0 Å². The molecule has 2 rings (SSSR count). The van der Waals surface area contributed by atoms with Crippen molar-refractivity contribution in [1.82, 2.24) is 5.32 Å². The zero-order valence-corrected chi connectivity index (χ0v) is 13.0. The molecule has 0 spiro atoms. The van der Waals surface area contributed by atoms with Gasteiger partial charge >= 0.3 is 0 Å². The summed E-state index contributed by atoms with van der Waals surface area (Å²) in [6.45, 7) is 3.76. The van der Waals surface area contributed by atoms with Crippen LogP contribution in [0.3, 0.4) is 0 Å². The SMILES string of the molecule is CCSCCCOc1cccc(Cl)c1CNC1CC1. The Hall–Kier alpha value is -0.380. The Morgan fingerprint density at radius 1 is 1.42 bits per heavy atom. The van der Waals surface area contributed by atoms with Crippen molar-refractivity contribution in [2.45, 2.75) is 38.8 Å². The number of thioether (sulfide) groups is 1. The summed E-state index contributed by atoms with van der Waals surface area (Å²) in [5, 5.41) is 4.30. The molecular weight excluding hydrogens is 278 g/mol. The average Bonchev–Trinajstić information content (AvgIpc) is 3.22. The van der Waals surface area contributed by atoms with E-state index in [2.05, 4.69) is 12.2 Å². The number of ether oxygens (including phenoxy) is 1. The van der Waals surface area contributed by atoms with Crippen LogP contribution in [0.4, 0.5) is 0 Å². The molecule has 1 aliphatic carbocycles. The minimum atomic E-state index is 0.685. The summed E-state index contributed by atoms with van der Waals surface area (Å²) in [4.78, 5) is 0. The smallest absolute Gasteiger partial charge is 0.125 e. The van der Waals surface area contributed by atoms with Crippen molar-refractivity contribution in [3.8, 4) is 5.75 Å². The van der Waals surface area contributed by atoms with Crippen LogP contribution in [0.5, 0.6) is 5.75 Å². The highest BCUT2D eigenvalue weighted by atomic mass is 35.5. The van der Waals surface area contributed by atoms with E-state index < -0.39 is 0 Å². The van der Waals surface area contributed by atoms with Gasteiger partial charge in [0.05, 0.1) is 6.61 Å². The second kappa shape index (κ2) is 8.03. The quantitative estimate of drug-likeness (QED) is 0.693. The van der Waals surface area contributed by atoms with Gasteiger partial charge in [-0.15, -0.1) is 0 Å². The van der Waals surface area contributed by atoms with Gasteiger partial charge in [-0.05, 0) is 42.9 Å². The molecule has 0 atom stereocenters. The molecule has 0 aliphatic heterocycles. The summed E-state index contributed by atoms with van der Waals surface area (Å²) in [5.74, 6) is 3.27. The summed E-state index contributed by atoms with van der Waals surface area (Å²) in [7, 11) is 0. The summed E-state index contributed by atoms with van der Waals surface area (Å²) < 4.78 is 5.88. The molecule has 0 heterocycles. The van der Waals surface area contributed by atoms with Gasteiger partial charge in [0.15, 0.2) is 0 Å². The maximum absolute atomic E-state index is 6.27. The van der Waals surface area contributed by atoms with Gasteiger partial charge in [0.2, 0.25) is 0 Å². The number of hydrogen-bond acceptors (Lipinski definition) is 3. The fraction of sp³-hybridized carbons (Fsp3) is 0.600. The Morgan fingerprint density at radius 2 is 2.26 bits per heavy atom. The summed E-state index contributed by atoms with van der Waals surface area (Å²) >= 11 is 8.23. The summed E-state index contributed by atoms with van der Waals surface area (Å²) in [6.07, 6.45) is 3.66. The van der Waals surface area contributed by atoms with Crippen molar-refractivity contribution < 1.29 is 4.74 Å². The summed E-state index contributed by atoms with van der Waals surface area (Å²) in [5.41, 5.74) is 1.10. The van der Waals surface area contributed by atoms with Gasteiger partial charge in [0.1, 0.15) is 5.75 Å². The maximum Gasteiger partial charge on any atom is 0.125 e. The van der Waals surface area contributed by atoms with Crippen molar-refractivity contribution in [1.29, 1.82) is 0 Å². The highest BCUT2D eigenvalue weighted by molar-refractivity contribution is 7.99. The molecule has 1 aliphatic rings. The van der Waals surface area contributed by atoms with E-state index in [-0.39, 0.29) is 0 Å². The number of benzene rings is 1. The molecule has 2 nitrogen and oxygen atoms in total. The zero-order valence-electron chi connectivity index (χ0n) is 11.5. The molecule has 0 saturated heterocycles. The maximum atomic E-state index is 6.27. The zero-order chi connectivity index (χ0) is 13.5. The lowest BCUT2D eigenvalue weighted by Crippen LogP contribution is -2.16. The Kier molecular flexibility index (Phi) is 6.35. The van der Waals surface area contributed by atoms with Crippen LogP contribution in [0, 0.1) is 0 Å². The molecule has 1 fully saturated rings. The molecule has 1 N–H and O–H groups in total. The first-order valence-corrected chi connectivity index (χ1v) is 8.56. The third-order valence-electron chi connectivity index (χ3n) is 3.12. The molecule has 0 unspecified atom stereocenters. The molecule has 4 heteroatoms. The molecule has 1 aromatic carbocycles. The third kappa shape index (κ3) is 5.25. The Bertz CT molecular complexity index is 396. The predicted octanol–water partition coefficient (Wildman–Crippen LogP) is 4.11. The first-order valence-electron chi connectivity index (χ1n) is 7.02. The third-order valence-corrected chi connectivity index (χ3v) is 4.46. The van der Waals surface area contributed by atoms with E-state index in [1.807, 2.05) is 30.0 Å². The van der Waals surface area contributed by atoms with Crippen molar-refractivity contribution in [3.05, 3.63) is 28.8 Å². The molecule has 0 aromatic heterocycles. The van der Waals surface area contributed by atoms with Gasteiger partial charge in [-0.1, -0.05) is 24.6 Å². The number of nitrogens with one attached hydrogen (secondary N) is 1. The Morgan fingerprint density at radius 3 is 3.00 bits per heavy atom. The van der Waals surface area contributed by atoms with Gasteiger partial charge in [-0.3, -0.25) is 0 Å². The van der Waals surface area contributed by atoms with Crippen LogP contribution in [0.25, 0.3) is 0 Å². The molecule has 106 valence electrons. The van der Waals surface area contributed by atoms with Crippen LogP contribution in [0.2, 0.25) is 5.02 Å². The number of rotatable bonds is 9. The lowest BCUT2D eigenvalue weighted by atomic mass is 10.2. The minimum absolute atomic E-state index is 0.685. The summed E-state index contributed by atoms with van der Waals surface area (Å²) in [6, 6.07) is 6.60. The largest absolute Gasteiger partial charge is 0.493 e. The van der Waals surface area contributed by atoms with Crippen molar-refractivity contribution >= 4 is 23.4 Å². The molecule has 0 amide bonds. The topological polar surface area (TPSA) is 21.3 Å². The van der Waals surface area contributed by atoms with Crippen molar-refractivity contribution in [3.63, 3.8) is 0 Å². The van der Waals surface area contributed by atoms with Gasteiger partial charge in [0.25, 0.3) is 0 Å². The minimum Gasteiger partial charge on any atom is -0.493 e. The molecule has 0 radical (unpaired) electrons. The second-order valence-electron chi connectivity index (χ2n) is 4.77. The molecule has 1 saturated carbocycles. The van der Waals surface area contributed by atoms with Crippen LogP contribution < -0.4 is 10.1 Å². The van der Waals surface area contributed by atoms with Gasteiger partial charge in [0, 0.05) is 23.2 Å². The number of halogens is 1. The van der Waals surface area contributed by atoms with Crippen LogP contribution in [0.15, 0.2) is 18.2 Å². The fourth-order valence-corrected chi connectivity index (χ4v) is 2.71. The molecule has 0 bridgehead atoms. The van der Waals surface area contributed by atoms with E-state index in [0.29, 0.717) is 6.04 Å². The van der Waals surface area contributed by atoms with Crippen LogP contribution in [-0.2, 0) is 6.54 Å². The van der Waals surface area contributed by atoms with E-state index in [0.717, 1.165) is 41.7 Å². The van der Waals surface area contributed by atoms with Crippen molar-refractivity contribution in [2.24, 2.45) is 0 Å². The number of hydrogen-bond donors (Lipinski definition) is 1. The van der Waals surface area contributed by atoms with Gasteiger partial charge in [-0.25, -0.2) is 0 Å². The standard InChI is InChI=1S/C15H22ClNOS/c1-2-19-10-4-9-18-15-6-3-5-14(16)13(15)11-17-12-7-8-12/h3,5-6,12,17H,2,4,7-11H2,1H3. The normalized spacial score (nSPS) is 14.6. The van der Waals surface area contributed by atoms with Crippen LogP contribution in [-0.4, -0.2) is 24.2 Å². The average molecular weight is 300 g/mol. The van der Waals surface area contributed by atoms with E-state index in [1.165, 1.54) is 18.6 Å². The van der Waals surface area contributed by atoms with E-state index in [1.54, 1.807) is 0 Å². The van der Waals surface area contributed by atoms with Gasteiger partial charge < -0.3 is 10.1 Å². The van der Waals surface area contributed by atoms with Crippen LogP contribution >= 0.6 is 23.4 Å². The first-order chi connectivity index (χ1) is 9.31. The monoisotopic (exact) mass is 299 g/mol. The second-order valence-corrected chi connectivity index (χ2v) is 6.57. The highest BCUT2D eigenvalue weighted by Crippen LogP contribution is 2.28. The Labute approximate surface area is 125 Å². The fourth-order valence-electron chi connectivity index (χ4n) is 1.87. The Balaban J connectivity index is 1.84. The molecule has 1 aromatic rings. The van der Waals surface area contributed by atoms with E-state index in [4.69, 9.17) is 16.3 Å². The van der Waals surface area contributed by atoms with Crippen molar-refractivity contribution in [2.75, 3.05) is 18.1 Å². The van der Waals surface area contributed by atoms with E-state index in [9.17, 15) is 0 Å².